The van der Waals surface area contributed by atoms with Crippen molar-refractivity contribution in [2.75, 3.05) is 0 Å². The van der Waals surface area contributed by atoms with Gasteiger partial charge in [-0.15, -0.1) is 35.9 Å². The number of para-hydroxylation sites is 3. The minimum atomic E-state index is 0. The van der Waals surface area contributed by atoms with Crippen molar-refractivity contribution in [3.63, 3.8) is 0 Å². The van der Waals surface area contributed by atoms with Crippen LogP contribution in [0.3, 0.4) is 0 Å². The van der Waals surface area contributed by atoms with Gasteiger partial charge in [-0.25, -0.2) is 0 Å². The maximum atomic E-state index is 6.27. The molecule has 2 aromatic heterocycles. The Balaban J connectivity index is 0.00000337. The van der Waals surface area contributed by atoms with Crippen LogP contribution in [0.4, 0.5) is 0 Å². The van der Waals surface area contributed by atoms with E-state index in [9.17, 15) is 0 Å². The molecule has 0 N–H and O–H groups in total. The second-order valence-corrected chi connectivity index (χ2v) is 10.7. The molecule has 0 unspecified atom stereocenters. The summed E-state index contributed by atoms with van der Waals surface area (Å²) in [5.41, 5.74) is 7.53. The fourth-order valence-electron chi connectivity index (χ4n) is 5.13. The number of hydrogen-bond donors (Lipinski definition) is 0. The van der Waals surface area contributed by atoms with Crippen molar-refractivity contribution in [3.05, 3.63) is 121 Å². The van der Waals surface area contributed by atoms with E-state index in [1.165, 1.54) is 16.8 Å². The fourth-order valence-corrected chi connectivity index (χ4v) is 5.13. The van der Waals surface area contributed by atoms with Gasteiger partial charge in [-0.2, -0.15) is 12.1 Å². The summed E-state index contributed by atoms with van der Waals surface area (Å²) in [6, 6.07) is 33.6. The molecular weight excluding hydrogens is 687 g/mol. The van der Waals surface area contributed by atoms with Gasteiger partial charge in [-0.3, -0.25) is 4.98 Å². The molecule has 0 aliphatic rings. The Labute approximate surface area is 256 Å². The minimum Gasteiger partial charge on any atom is -0.504 e. The number of nitrogens with zero attached hydrogens (tertiary/aromatic N) is 4. The van der Waals surface area contributed by atoms with Crippen LogP contribution < -0.4 is 9.30 Å². The quantitative estimate of drug-likeness (QED) is 0.125. The number of rotatable bonds is 7. The van der Waals surface area contributed by atoms with Crippen LogP contribution >= 0.6 is 0 Å². The summed E-state index contributed by atoms with van der Waals surface area (Å²) in [7, 11) is 1.94. The zero-order valence-electron chi connectivity index (χ0n) is 23.8. The zero-order chi connectivity index (χ0) is 27.8. The average Bonchev–Trinajstić information content (AvgIpc) is 3.56. The first-order valence-corrected chi connectivity index (χ1v) is 13.7. The predicted molar refractivity (Wildman–Crippen MR) is 158 cm³/mol. The van der Waals surface area contributed by atoms with Crippen LogP contribution in [-0.4, -0.2) is 14.1 Å². The average molecular weight is 720 g/mol. The molecule has 0 aliphatic heterocycles. The van der Waals surface area contributed by atoms with E-state index < -0.39 is 0 Å². The first kappa shape index (κ1) is 28.6. The van der Waals surface area contributed by atoms with Crippen LogP contribution in [0.2, 0.25) is 0 Å². The molecular formula is C35H32N4OPt-2. The summed E-state index contributed by atoms with van der Waals surface area (Å²) < 4.78 is 12.3. The normalized spacial score (nSPS) is 11.3. The molecule has 41 heavy (non-hydrogen) atoms. The molecule has 5 nitrogen and oxygen atoms in total. The molecule has 0 spiro atoms. The molecule has 6 aromatic rings. The molecule has 6 rings (SSSR count). The maximum absolute atomic E-state index is 6.27. The third kappa shape index (κ3) is 5.64. The standard InChI is InChI=1S/C35H32N4O.Pt/c1-24(2)30-15-10-16-31(25(3)4)34(30)39-33-18-7-6-17-32(33)36-35(39)26-11-8-13-28(21-26)40-29-14-9-12-27(22-29)38-20-19-37(5)23-38;/h6-20,24-25H,1-5H3;/q-2;. The Morgan fingerprint density at radius 1 is 0.780 bits per heavy atom. The third-order valence-corrected chi connectivity index (χ3v) is 7.07. The monoisotopic (exact) mass is 719 g/mol. The molecule has 0 bridgehead atoms. The molecule has 4 aromatic carbocycles. The number of benzene rings is 4. The second-order valence-electron chi connectivity index (χ2n) is 10.7. The summed E-state index contributed by atoms with van der Waals surface area (Å²) in [5.74, 6) is 2.76. The van der Waals surface area contributed by atoms with E-state index >= 15 is 0 Å². The summed E-state index contributed by atoms with van der Waals surface area (Å²) in [4.78, 5) is 5.12. The van der Waals surface area contributed by atoms with Gasteiger partial charge in [-0.1, -0.05) is 69.8 Å². The Hall–Kier alpha value is -3.95. The predicted octanol–water partition coefficient (Wildman–Crippen LogP) is 7.74. The topological polar surface area (TPSA) is 35.9 Å². The minimum absolute atomic E-state index is 0. The van der Waals surface area contributed by atoms with Crippen LogP contribution in [-0.2, 0) is 28.1 Å². The van der Waals surface area contributed by atoms with E-state index in [2.05, 4.69) is 87.1 Å². The molecule has 210 valence electrons. The first-order valence-electron chi connectivity index (χ1n) is 13.7. The molecule has 0 aliphatic carbocycles. The van der Waals surface area contributed by atoms with Crippen molar-refractivity contribution in [3.8, 4) is 34.3 Å². The van der Waals surface area contributed by atoms with Crippen LogP contribution in [0.25, 0.3) is 33.8 Å². The molecule has 0 fully saturated rings. The van der Waals surface area contributed by atoms with Crippen LogP contribution in [0, 0.1) is 18.5 Å². The SMILES string of the molecule is CC(C)c1cccc(C(C)C)c1-n1c(-c2[c-]c(Oc3[c-]c(-[n+]4[c-]n(C)cc4)ccc3)ccc2)nc2ccccc21.[Pt]. The van der Waals surface area contributed by atoms with E-state index in [-0.39, 0.29) is 21.1 Å². The van der Waals surface area contributed by atoms with Gasteiger partial charge in [0.05, 0.1) is 23.9 Å². The molecule has 0 saturated heterocycles. The van der Waals surface area contributed by atoms with Gasteiger partial charge in [0.1, 0.15) is 0 Å². The number of fused-ring (bicyclic) bond motifs is 1. The zero-order valence-corrected chi connectivity index (χ0v) is 26.1. The van der Waals surface area contributed by atoms with Crippen molar-refractivity contribution in [1.82, 2.24) is 14.1 Å². The number of imidazole rings is 2. The van der Waals surface area contributed by atoms with Crippen molar-refractivity contribution < 1.29 is 30.4 Å². The first-order chi connectivity index (χ1) is 19.4. The number of hydrogen-bond acceptors (Lipinski definition) is 2. The van der Waals surface area contributed by atoms with Gasteiger partial charge in [0, 0.05) is 50.6 Å². The summed E-state index contributed by atoms with van der Waals surface area (Å²) >= 11 is 0. The second kappa shape index (κ2) is 11.9. The van der Waals surface area contributed by atoms with Gasteiger partial charge in [0.2, 0.25) is 6.33 Å². The molecule has 0 saturated carbocycles. The van der Waals surface area contributed by atoms with E-state index in [0.717, 1.165) is 28.1 Å². The Morgan fingerprint density at radius 3 is 2.12 bits per heavy atom. The number of aryl methyl sites for hydroxylation is 1. The van der Waals surface area contributed by atoms with Crippen molar-refractivity contribution in [2.45, 2.75) is 39.5 Å². The van der Waals surface area contributed by atoms with Crippen molar-refractivity contribution >= 4 is 11.0 Å². The van der Waals surface area contributed by atoms with Crippen LogP contribution in [0.5, 0.6) is 11.5 Å². The summed E-state index contributed by atoms with van der Waals surface area (Å²) in [5, 5.41) is 0. The third-order valence-electron chi connectivity index (χ3n) is 7.07. The maximum Gasteiger partial charge on any atom is 0.241 e. The molecule has 0 radical (unpaired) electrons. The van der Waals surface area contributed by atoms with Gasteiger partial charge in [0.15, 0.2) is 0 Å². The van der Waals surface area contributed by atoms with E-state index in [1.807, 2.05) is 71.0 Å². The molecule has 6 heteroatoms. The van der Waals surface area contributed by atoms with E-state index in [4.69, 9.17) is 9.72 Å². The Morgan fingerprint density at radius 2 is 1.44 bits per heavy atom. The van der Waals surface area contributed by atoms with Crippen LogP contribution in [0.1, 0.15) is 50.7 Å². The molecule has 0 atom stereocenters. The van der Waals surface area contributed by atoms with Gasteiger partial charge >= 0.3 is 0 Å². The largest absolute Gasteiger partial charge is 0.504 e. The van der Waals surface area contributed by atoms with Crippen molar-refractivity contribution in [1.29, 1.82) is 0 Å². The van der Waals surface area contributed by atoms with Gasteiger partial charge < -0.3 is 18.4 Å². The molecule has 2 heterocycles. The van der Waals surface area contributed by atoms with E-state index in [1.54, 1.807) is 0 Å². The van der Waals surface area contributed by atoms with Crippen LogP contribution in [0.15, 0.2) is 91.3 Å². The van der Waals surface area contributed by atoms with E-state index in [0.29, 0.717) is 23.3 Å². The number of ether oxygens (including phenoxy) is 1. The summed E-state index contributed by atoms with van der Waals surface area (Å²) in [6.45, 7) is 8.99. The Kier molecular flexibility index (Phi) is 8.28. The fraction of sp³-hybridized carbons (Fsp3) is 0.200. The smallest absolute Gasteiger partial charge is 0.241 e. The Bertz CT molecular complexity index is 1790. The summed E-state index contributed by atoms with van der Waals surface area (Å²) in [6.07, 6.45) is 7.08. The van der Waals surface area contributed by atoms with Gasteiger partial charge in [-0.05, 0) is 35.1 Å². The van der Waals surface area contributed by atoms with Gasteiger partial charge in [0.25, 0.3) is 0 Å². The molecule has 0 amide bonds. The van der Waals surface area contributed by atoms with Crippen molar-refractivity contribution in [2.24, 2.45) is 7.05 Å². The number of aromatic nitrogens is 4.